The fourth-order valence-corrected chi connectivity index (χ4v) is 4.49. The van der Waals surface area contributed by atoms with Crippen molar-refractivity contribution in [3.05, 3.63) is 47.1 Å². The largest absolute Gasteiger partial charge is 0.0839 e. The molecule has 0 nitrogen and oxygen atoms in total. The van der Waals surface area contributed by atoms with E-state index < -0.39 is 0 Å². The number of hydrogen-bond acceptors (Lipinski definition) is 0. The van der Waals surface area contributed by atoms with Crippen molar-refractivity contribution in [2.24, 2.45) is 10.8 Å². The molecule has 0 bridgehead atoms. The van der Waals surface area contributed by atoms with Gasteiger partial charge in [0.05, 0.1) is 0 Å². The van der Waals surface area contributed by atoms with Gasteiger partial charge in [0, 0.05) is 0 Å². The molecular formula is C24H38. The van der Waals surface area contributed by atoms with E-state index in [0.29, 0.717) is 10.8 Å². The third-order valence-corrected chi connectivity index (χ3v) is 7.10. The van der Waals surface area contributed by atoms with E-state index in [-0.39, 0.29) is 0 Å². The fraction of sp³-hybridized carbons (Fsp3) is 0.667. The highest BCUT2D eigenvalue weighted by molar-refractivity contribution is 5.34. The highest BCUT2D eigenvalue weighted by Gasteiger charge is 2.32. The molecule has 0 aromatic heterocycles. The molecule has 0 unspecified atom stereocenters. The van der Waals surface area contributed by atoms with Gasteiger partial charge in [0.2, 0.25) is 0 Å². The lowest BCUT2D eigenvalue weighted by Crippen LogP contribution is -2.24. The molecule has 0 aromatic rings. The molecule has 0 N–H and O–H groups in total. The van der Waals surface area contributed by atoms with Crippen LogP contribution in [0.2, 0.25) is 0 Å². The minimum atomic E-state index is 0.354. The van der Waals surface area contributed by atoms with Gasteiger partial charge in [0.1, 0.15) is 0 Å². The molecule has 0 radical (unpaired) electrons. The second-order valence-corrected chi connectivity index (χ2v) is 8.09. The lowest BCUT2D eigenvalue weighted by Gasteiger charge is -2.37. The smallest absolute Gasteiger partial charge is 0.00183 e. The average molecular weight is 327 g/mol. The quantitative estimate of drug-likeness (QED) is 0.424. The van der Waals surface area contributed by atoms with Gasteiger partial charge >= 0.3 is 0 Å². The Morgan fingerprint density at radius 1 is 0.875 bits per heavy atom. The zero-order valence-corrected chi connectivity index (χ0v) is 16.8. The normalized spacial score (nSPS) is 19.0. The van der Waals surface area contributed by atoms with E-state index in [1.165, 1.54) is 57.8 Å². The summed E-state index contributed by atoms with van der Waals surface area (Å²) in [5.41, 5.74) is 5.70. The highest BCUT2D eigenvalue weighted by Crippen LogP contribution is 2.46. The van der Waals surface area contributed by atoms with Gasteiger partial charge in [-0.25, -0.2) is 0 Å². The van der Waals surface area contributed by atoms with Gasteiger partial charge in [0.15, 0.2) is 0 Å². The first-order valence-electron chi connectivity index (χ1n) is 10.3. The molecule has 0 fully saturated rings. The summed E-state index contributed by atoms with van der Waals surface area (Å²) >= 11 is 0. The molecular weight excluding hydrogens is 288 g/mol. The molecule has 0 atom stereocenters. The van der Waals surface area contributed by atoms with E-state index in [2.05, 4.69) is 65.0 Å². The second-order valence-electron chi connectivity index (χ2n) is 8.09. The van der Waals surface area contributed by atoms with Crippen LogP contribution in [-0.2, 0) is 0 Å². The minimum absolute atomic E-state index is 0.354. The molecule has 2 aliphatic carbocycles. The van der Waals surface area contributed by atoms with Gasteiger partial charge in [-0.1, -0.05) is 76.1 Å². The topological polar surface area (TPSA) is 0 Å². The molecule has 24 heavy (non-hydrogen) atoms. The van der Waals surface area contributed by atoms with Crippen molar-refractivity contribution < 1.29 is 0 Å². The zero-order chi connectivity index (χ0) is 17.6. The van der Waals surface area contributed by atoms with E-state index in [0.717, 1.165) is 0 Å². The van der Waals surface area contributed by atoms with E-state index >= 15 is 0 Å². The lowest BCUT2D eigenvalue weighted by atomic mass is 9.67. The Morgan fingerprint density at radius 3 is 2.04 bits per heavy atom. The van der Waals surface area contributed by atoms with Gasteiger partial charge in [-0.3, -0.25) is 0 Å². The molecule has 2 aliphatic rings. The molecule has 2 rings (SSSR count). The van der Waals surface area contributed by atoms with Crippen molar-refractivity contribution >= 4 is 0 Å². The third kappa shape index (κ3) is 3.95. The summed E-state index contributed by atoms with van der Waals surface area (Å²) in [6.07, 6.45) is 23.4. The third-order valence-electron chi connectivity index (χ3n) is 7.10. The second kappa shape index (κ2) is 8.37. The van der Waals surface area contributed by atoms with Crippen LogP contribution in [0.15, 0.2) is 47.1 Å². The van der Waals surface area contributed by atoms with E-state index in [1.54, 1.807) is 16.7 Å². The summed E-state index contributed by atoms with van der Waals surface area (Å²) in [7, 11) is 0. The number of allylic oxidation sites excluding steroid dienone is 8. The molecule has 0 heteroatoms. The van der Waals surface area contributed by atoms with E-state index in [4.69, 9.17) is 0 Å². The zero-order valence-electron chi connectivity index (χ0n) is 16.8. The van der Waals surface area contributed by atoms with E-state index in [9.17, 15) is 0 Å². The summed E-state index contributed by atoms with van der Waals surface area (Å²) in [5, 5.41) is 0. The Hall–Kier alpha value is -1.04. The van der Waals surface area contributed by atoms with Crippen LogP contribution >= 0.6 is 0 Å². The van der Waals surface area contributed by atoms with Gasteiger partial charge < -0.3 is 0 Å². The minimum Gasteiger partial charge on any atom is -0.0839 e. The Labute approximate surface area is 150 Å². The van der Waals surface area contributed by atoms with Gasteiger partial charge in [-0.15, -0.1) is 0 Å². The monoisotopic (exact) mass is 326 g/mol. The SMILES string of the molecule is CCC(C)(CC)C1=CC=C(CC(CC)(CC)C2=CCCC=C2)CC1. The van der Waals surface area contributed by atoms with Crippen LogP contribution in [0.5, 0.6) is 0 Å². The number of hydrogen-bond donors (Lipinski definition) is 0. The Balaban J connectivity index is 2.20. The Kier molecular flexibility index (Phi) is 6.72. The Bertz CT molecular complexity index is 530. The van der Waals surface area contributed by atoms with Crippen molar-refractivity contribution in [2.75, 3.05) is 0 Å². The van der Waals surface area contributed by atoms with Crippen molar-refractivity contribution in [2.45, 2.75) is 92.4 Å². The first kappa shape index (κ1) is 19.3. The van der Waals surface area contributed by atoms with E-state index in [1.807, 2.05) is 0 Å². The summed E-state index contributed by atoms with van der Waals surface area (Å²) in [6.45, 7) is 11.9. The summed E-state index contributed by atoms with van der Waals surface area (Å²) < 4.78 is 0. The van der Waals surface area contributed by atoms with Crippen molar-refractivity contribution in [1.82, 2.24) is 0 Å². The van der Waals surface area contributed by atoms with Crippen LogP contribution < -0.4 is 0 Å². The van der Waals surface area contributed by atoms with Gasteiger partial charge in [-0.2, -0.15) is 0 Å². The Morgan fingerprint density at radius 2 is 1.58 bits per heavy atom. The summed E-state index contributed by atoms with van der Waals surface area (Å²) in [6, 6.07) is 0. The van der Waals surface area contributed by atoms with Crippen molar-refractivity contribution in [3.63, 3.8) is 0 Å². The van der Waals surface area contributed by atoms with Gasteiger partial charge in [-0.05, 0) is 74.2 Å². The van der Waals surface area contributed by atoms with Crippen LogP contribution in [0, 0.1) is 10.8 Å². The van der Waals surface area contributed by atoms with Crippen LogP contribution in [0.25, 0.3) is 0 Å². The predicted molar refractivity (Wildman–Crippen MR) is 108 cm³/mol. The molecule has 0 aromatic carbocycles. The maximum absolute atomic E-state index is 2.50. The molecule has 0 saturated heterocycles. The van der Waals surface area contributed by atoms with Crippen molar-refractivity contribution in [3.8, 4) is 0 Å². The predicted octanol–water partition coefficient (Wildman–Crippen LogP) is 7.93. The molecule has 134 valence electrons. The molecule has 0 saturated carbocycles. The van der Waals surface area contributed by atoms with Crippen LogP contribution in [-0.4, -0.2) is 0 Å². The maximum atomic E-state index is 2.50. The number of rotatable bonds is 8. The molecule has 0 aliphatic heterocycles. The molecule has 0 heterocycles. The summed E-state index contributed by atoms with van der Waals surface area (Å²) in [4.78, 5) is 0. The van der Waals surface area contributed by atoms with Gasteiger partial charge in [0.25, 0.3) is 0 Å². The first-order valence-corrected chi connectivity index (χ1v) is 10.3. The van der Waals surface area contributed by atoms with Crippen LogP contribution in [0.4, 0.5) is 0 Å². The molecule has 0 spiro atoms. The highest BCUT2D eigenvalue weighted by atomic mass is 14.4. The summed E-state index contributed by atoms with van der Waals surface area (Å²) in [5.74, 6) is 0. The molecule has 0 amide bonds. The fourth-order valence-electron chi connectivity index (χ4n) is 4.49. The van der Waals surface area contributed by atoms with Crippen molar-refractivity contribution in [1.29, 1.82) is 0 Å². The van der Waals surface area contributed by atoms with Crippen LogP contribution in [0.3, 0.4) is 0 Å². The first-order chi connectivity index (χ1) is 11.5. The average Bonchev–Trinajstić information content (AvgIpc) is 2.66. The maximum Gasteiger partial charge on any atom is -0.00183 e. The van der Waals surface area contributed by atoms with Crippen LogP contribution in [0.1, 0.15) is 92.4 Å². The lowest BCUT2D eigenvalue weighted by molar-refractivity contribution is 0.321. The standard InChI is InChI=1S/C24H38/c1-6-23(5,7-2)21-17-15-20(16-18-21)19-24(8-3,9-4)22-13-11-10-12-14-22/h11,13-15,17H,6-10,12,16,18-19H2,1-5H3.